The van der Waals surface area contributed by atoms with E-state index in [9.17, 15) is 4.79 Å². The molecule has 1 amide bonds. The van der Waals surface area contributed by atoms with E-state index >= 15 is 0 Å². The van der Waals surface area contributed by atoms with Crippen molar-refractivity contribution in [2.45, 2.75) is 31.8 Å². The number of hydrogen-bond acceptors (Lipinski definition) is 4. The minimum absolute atomic E-state index is 0. The number of nitrogens with two attached hydrogens (primary N) is 1. The Bertz CT molecular complexity index is 409. The monoisotopic (exact) mass is 285 g/mol. The van der Waals surface area contributed by atoms with Crippen LogP contribution in [0, 0.1) is 0 Å². The van der Waals surface area contributed by atoms with Crippen molar-refractivity contribution in [3.63, 3.8) is 0 Å². The fraction of sp³-hybridized carbons (Fsp3) is 0.538. The van der Waals surface area contributed by atoms with Crippen LogP contribution < -0.4 is 11.1 Å². The number of pyridine rings is 1. The molecule has 1 heterocycles. The van der Waals surface area contributed by atoms with E-state index in [1.807, 2.05) is 0 Å². The minimum Gasteiger partial charge on any atom is -0.384 e. The van der Waals surface area contributed by atoms with Gasteiger partial charge in [-0.15, -0.1) is 12.4 Å². The molecule has 0 atom stereocenters. The molecule has 0 spiro atoms. The van der Waals surface area contributed by atoms with Crippen LogP contribution in [-0.2, 0) is 4.74 Å². The zero-order chi connectivity index (χ0) is 12.8. The van der Waals surface area contributed by atoms with Crippen LogP contribution in [0.25, 0.3) is 0 Å². The number of amides is 1. The van der Waals surface area contributed by atoms with E-state index in [0.29, 0.717) is 30.8 Å². The van der Waals surface area contributed by atoms with Crippen LogP contribution in [0.4, 0.5) is 5.82 Å². The van der Waals surface area contributed by atoms with Gasteiger partial charge in [0.2, 0.25) is 0 Å². The molecule has 0 saturated heterocycles. The number of nitrogens with one attached hydrogen (secondary N) is 1. The summed E-state index contributed by atoms with van der Waals surface area (Å²) in [6.07, 6.45) is 5.18. The maximum Gasteiger partial charge on any atom is 0.270 e. The number of carbonyl (C=O) groups excluding carboxylic acids is 1. The first kappa shape index (κ1) is 15.7. The summed E-state index contributed by atoms with van der Waals surface area (Å²) in [6, 6.07) is 5.01. The van der Waals surface area contributed by atoms with Crippen molar-refractivity contribution in [2.24, 2.45) is 0 Å². The summed E-state index contributed by atoms with van der Waals surface area (Å²) in [4.78, 5) is 15.7. The van der Waals surface area contributed by atoms with E-state index in [-0.39, 0.29) is 18.3 Å². The molecular weight excluding hydrogens is 266 g/mol. The molecule has 1 aromatic heterocycles. The van der Waals surface area contributed by atoms with Crippen molar-refractivity contribution in [1.82, 2.24) is 10.3 Å². The first-order chi connectivity index (χ1) is 8.75. The summed E-state index contributed by atoms with van der Waals surface area (Å²) in [7, 11) is 0. The van der Waals surface area contributed by atoms with E-state index in [0.717, 1.165) is 12.8 Å². The van der Waals surface area contributed by atoms with Gasteiger partial charge in [-0.1, -0.05) is 18.9 Å². The number of nitrogens with zero attached hydrogens (tertiary/aromatic N) is 1. The predicted molar refractivity (Wildman–Crippen MR) is 76.4 cm³/mol. The molecule has 1 saturated carbocycles. The Morgan fingerprint density at radius 1 is 1.42 bits per heavy atom. The molecule has 19 heavy (non-hydrogen) atoms. The second kappa shape index (κ2) is 7.96. The summed E-state index contributed by atoms with van der Waals surface area (Å²) in [5, 5.41) is 2.77. The fourth-order valence-electron chi connectivity index (χ4n) is 2.11. The summed E-state index contributed by atoms with van der Waals surface area (Å²) in [5.41, 5.74) is 5.86. The van der Waals surface area contributed by atoms with E-state index < -0.39 is 0 Å². The first-order valence-electron chi connectivity index (χ1n) is 6.38. The van der Waals surface area contributed by atoms with Gasteiger partial charge in [0, 0.05) is 6.54 Å². The third-order valence-corrected chi connectivity index (χ3v) is 3.05. The third kappa shape index (κ3) is 5.04. The van der Waals surface area contributed by atoms with Crippen LogP contribution in [0.15, 0.2) is 18.2 Å². The lowest BCUT2D eigenvalue weighted by Crippen LogP contribution is -2.29. The Kier molecular flexibility index (Phi) is 6.59. The lowest BCUT2D eigenvalue weighted by molar-refractivity contribution is 0.0581. The lowest BCUT2D eigenvalue weighted by Gasteiger charge is -2.11. The molecule has 0 bridgehead atoms. The fourth-order valence-corrected chi connectivity index (χ4v) is 2.11. The van der Waals surface area contributed by atoms with Gasteiger partial charge in [-0.3, -0.25) is 4.79 Å². The molecule has 1 fully saturated rings. The number of halogens is 1. The molecule has 0 aliphatic heterocycles. The smallest absolute Gasteiger partial charge is 0.270 e. The average Bonchev–Trinajstić information content (AvgIpc) is 2.87. The van der Waals surface area contributed by atoms with Crippen molar-refractivity contribution < 1.29 is 9.53 Å². The zero-order valence-corrected chi connectivity index (χ0v) is 11.6. The summed E-state index contributed by atoms with van der Waals surface area (Å²) in [6.45, 7) is 1.06. The molecule has 3 N–H and O–H groups in total. The van der Waals surface area contributed by atoms with Gasteiger partial charge < -0.3 is 15.8 Å². The highest BCUT2D eigenvalue weighted by molar-refractivity contribution is 5.92. The largest absolute Gasteiger partial charge is 0.384 e. The number of nitrogen functional groups attached to an aromatic ring is 1. The molecule has 0 unspecified atom stereocenters. The lowest BCUT2D eigenvalue weighted by atomic mass is 10.3. The number of aromatic nitrogens is 1. The van der Waals surface area contributed by atoms with Gasteiger partial charge in [-0.2, -0.15) is 0 Å². The maximum absolute atomic E-state index is 11.7. The second-order valence-corrected chi connectivity index (χ2v) is 4.48. The van der Waals surface area contributed by atoms with Gasteiger partial charge in [0.25, 0.3) is 5.91 Å². The van der Waals surface area contributed by atoms with Gasteiger partial charge in [0.15, 0.2) is 0 Å². The molecule has 6 heteroatoms. The van der Waals surface area contributed by atoms with E-state index in [2.05, 4.69) is 10.3 Å². The van der Waals surface area contributed by atoms with E-state index in [1.165, 1.54) is 12.8 Å². The number of anilines is 1. The van der Waals surface area contributed by atoms with Crippen molar-refractivity contribution in [2.75, 3.05) is 18.9 Å². The SMILES string of the molecule is Cl.Nc1cccc(C(=O)NCCOC2CCCC2)n1. The number of ether oxygens (including phenoxy) is 1. The summed E-state index contributed by atoms with van der Waals surface area (Å²) >= 11 is 0. The standard InChI is InChI=1S/C13H19N3O2.ClH/c14-12-7-3-6-11(16-12)13(17)15-8-9-18-10-4-1-2-5-10;/h3,6-7,10H,1-2,4-5,8-9H2,(H2,14,16)(H,15,17);1H. The predicted octanol–water partition coefficient (Wildman–Crippen LogP) is 1.77. The third-order valence-electron chi connectivity index (χ3n) is 3.05. The van der Waals surface area contributed by atoms with Gasteiger partial charge in [0.05, 0.1) is 12.7 Å². The maximum atomic E-state index is 11.7. The Balaban J connectivity index is 0.00000180. The van der Waals surface area contributed by atoms with Gasteiger partial charge >= 0.3 is 0 Å². The molecule has 2 rings (SSSR count). The minimum atomic E-state index is -0.211. The molecule has 1 aliphatic carbocycles. The second-order valence-electron chi connectivity index (χ2n) is 4.48. The van der Waals surface area contributed by atoms with Gasteiger partial charge in [-0.05, 0) is 25.0 Å². The van der Waals surface area contributed by atoms with Crippen LogP contribution in [0.2, 0.25) is 0 Å². The highest BCUT2D eigenvalue weighted by atomic mass is 35.5. The van der Waals surface area contributed by atoms with Crippen molar-refractivity contribution >= 4 is 24.1 Å². The summed E-state index contributed by atoms with van der Waals surface area (Å²) < 4.78 is 5.65. The summed E-state index contributed by atoms with van der Waals surface area (Å²) in [5.74, 6) is 0.141. The quantitative estimate of drug-likeness (QED) is 0.809. The molecular formula is C13H20ClN3O2. The number of carbonyl (C=O) groups is 1. The number of hydrogen-bond donors (Lipinski definition) is 2. The van der Waals surface area contributed by atoms with Crippen LogP contribution in [0.3, 0.4) is 0 Å². The highest BCUT2D eigenvalue weighted by Crippen LogP contribution is 2.20. The average molecular weight is 286 g/mol. The van der Waals surface area contributed by atoms with Crippen LogP contribution >= 0.6 is 12.4 Å². The molecule has 0 radical (unpaired) electrons. The Morgan fingerprint density at radius 2 is 2.16 bits per heavy atom. The van der Waals surface area contributed by atoms with Crippen LogP contribution in [0.1, 0.15) is 36.2 Å². The van der Waals surface area contributed by atoms with Crippen LogP contribution in [-0.4, -0.2) is 30.1 Å². The molecule has 1 aromatic rings. The van der Waals surface area contributed by atoms with Gasteiger partial charge in [-0.25, -0.2) is 4.98 Å². The Hall–Kier alpha value is -1.33. The van der Waals surface area contributed by atoms with Crippen molar-refractivity contribution in [3.05, 3.63) is 23.9 Å². The van der Waals surface area contributed by atoms with Gasteiger partial charge in [0.1, 0.15) is 11.5 Å². The Morgan fingerprint density at radius 3 is 2.84 bits per heavy atom. The zero-order valence-electron chi connectivity index (χ0n) is 10.8. The molecule has 5 nitrogen and oxygen atoms in total. The highest BCUT2D eigenvalue weighted by Gasteiger charge is 2.15. The van der Waals surface area contributed by atoms with E-state index in [4.69, 9.17) is 10.5 Å². The first-order valence-corrected chi connectivity index (χ1v) is 6.38. The number of rotatable bonds is 5. The molecule has 1 aliphatic rings. The molecule has 106 valence electrons. The Labute approximate surface area is 119 Å². The topological polar surface area (TPSA) is 77.2 Å². The normalized spacial score (nSPS) is 14.9. The van der Waals surface area contributed by atoms with E-state index in [1.54, 1.807) is 18.2 Å². The van der Waals surface area contributed by atoms with Crippen LogP contribution in [0.5, 0.6) is 0 Å². The molecule has 0 aromatic carbocycles. The van der Waals surface area contributed by atoms with Crippen molar-refractivity contribution in [1.29, 1.82) is 0 Å². The van der Waals surface area contributed by atoms with Crippen molar-refractivity contribution in [3.8, 4) is 0 Å².